The van der Waals surface area contributed by atoms with Gasteiger partial charge in [0.15, 0.2) is 11.6 Å². The number of nitrogens with zero attached hydrogens (tertiary/aromatic N) is 4. The first kappa shape index (κ1) is 17.9. The van der Waals surface area contributed by atoms with E-state index in [1.807, 2.05) is 24.4 Å². The molecule has 0 bridgehead atoms. The van der Waals surface area contributed by atoms with E-state index in [-0.39, 0.29) is 5.82 Å². The van der Waals surface area contributed by atoms with Gasteiger partial charge in [-0.15, -0.1) is 0 Å². The average Bonchev–Trinajstić information content (AvgIpc) is 2.97. The van der Waals surface area contributed by atoms with Gasteiger partial charge >= 0.3 is 0 Å². The first-order chi connectivity index (χ1) is 13.1. The zero-order valence-corrected chi connectivity index (χ0v) is 15.7. The Bertz CT molecular complexity index is 850. The summed E-state index contributed by atoms with van der Waals surface area (Å²) < 4.78 is 14.3. The zero-order chi connectivity index (χ0) is 18.8. The maximum atomic E-state index is 14.3. The van der Waals surface area contributed by atoms with Crippen LogP contribution in [0.15, 0.2) is 29.4 Å². The van der Waals surface area contributed by atoms with Crippen molar-refractivity contribution in [3.63, 3.8) is 0 Å². The lowest BCUT2D eigenvalue weighted by Gasteiger charge is -2.21. The van der Waals surface area contributed by atoms with Gasteiger partial charge in [0.05, 0.1) is 12.7 Å². The zero-order valence-electron chi connectivity index (χ0n) is 15.7. The van der Waals surface area contributed by atoms with Gasteiger partial charge in [0.2, 0.25) is 5.95 Å². The van der Waals surface area contributed by atoms with Crippen LogP contribution >= 0.6 is 0 Å². The molecular formula is C20H25FN6. The van der Waals surface area contributed by atoms with Gasteiger partial charge in [-0.1, -0.05) is 19.9 Å². The van der Waals surface area contributed by atoms with Gasteiger partial charge in [-0.05, 0) is 35.6 Å². The Morgan fingerprint density at radius 3 is 3.04 bits per heavy atom. The summed E-state index contributed by atoms with van der Waals surface area (Å²) in [5, 5.41) is 6.67. The standard InChI is InChI=1S/C20H25FN6/c1-13(2)18-5-7-27(8-6-23-18)20-24-12-17(21)19(26-20)25-16-4-3-14-10-22-11-15(14)9-16/h3-4,9,11-13,18,23H,5-8,10H2,1-2H3,(H,24,25,26). The van der Waals surface area contributed by atoms with Gasteiger partial charge in [0, 0.05) is 37.6 Å². The summed E-state index contributed by atoms with van der Waals surface area (Å²) in [6.45, 7) is 7.70. The number of anilines is 3. The summed E-state index contributed by atoms with van der Waals surface area (Å²) >= 11 is 0. The Kier molecular flexibility index (Phi) is 5.03. The minimum atomic E-state index is -0.457. The third kappa shape index (κ3) is 3.93. The van der Waals surface area contributed by atoms with Crippen molar-refractivity contribution < 1.29 is 4.39 Å². The number of fused-ring (bicyclic) bond motifs is 1. The van der Waals surface area contributed by atoms with Crippen molar-refractivity contribution in [2.24, 2.45) is 10.9 Å². The van der Waals surface area contributed by atoms with Crippen LogP contribution < -0.4 is 15.5 Å². The van der Waals surface area contributed by atoms with Crippen LogP contribution in [0.2, 0.25) is 0 Å². The van der Waals surface area contributed by atoms with E-state index in [1.165, 1.54) is 11.8 Å². The van der Waals surface area contributed by atoms with E-state index < -0.39 is 5.82 Å². The lowest BCUT2D eigenvalue weighted by Crippen LogP contribution is -2.34. The Balaban J connectivity index is 1.52. The van der Waals surface area contributed by atoms with E-state index in [4.69, 9.17) is 0 Å². The lowest BCUT2D eigenvalue weighted by molar-refractivity contribution is 0.403. The molecule has 0 aliphatic carbocycles. The van der Waals surface area contributed by atoms with E-state index in [1.54, 1.807) is 0 Å². The molecule has 2 N–H and O–H groups in total. The molecule has 3 heterocycles. The summed E-state index contributed by atoms with van der Waals surface area (Å²) in [7, 11) is 0. The normalized spacial score (nSPS) is 19.3. The number of hydrogen-bond donors (Lipinski definition) is 2. The van der Waals surface area contributed by atoms with E-state index in [0.29, 0.717) is 24.5 Å². The largest absolute Gasteiger partial charge is 0.339 e. The second-order valence-corrected chi connectivity index (χ2v) is 7.46. The molecule has 27 heavy (non-hydrogen) atoms. The van der Waals surface area contributed by atoms with Gasteiger partial charge in [0.25, 0.3) is 0 Å². The summed E-state index contributed by atoms with van der Waals surface area (Å²) in [6.07, 6.45) is 4.11. The predicted octanol–water partition coefficient (Wildman–Crippen LogP) is 3.12. The number of nitrogens with one attached hydrogen (secondary N) is 2. The summed E-state index contributed by atoms with van der Waals surface area (Å²) in [6, 6.07) is 6.40. The van der Waals surface area contributed by atoms with Crippen molar-refractivity contribution in [2.45, 2.75) is 32.9 Å². The highest BCUT2D eigenvalue weighted by atomic mass is 19.1. The lowest BCUT2D eigenvalue weighted by atomic mass is 10.0. The molecule has 2 aromatic rings. The molecule has 4 rings (SSSR count). The van der Waals surface area contributed by atoms with Crippen molar-refractivity contribution in [1.82, 2.24) is 15.3 Å². The molecule has 1 fully saturated rings. The molecule has 2 aliphatic rings. The van der Waals surface area contributed by atoms with Crippen LogP contribution in [0.25, 0.3) is 0 Å². The molecule has 2 aliphatic heterocycles. The summed E-state index contributed by atoms with van der Waals surface area (Å²) in [4.78, 5) is 15.1. The first-order valence-electron chi connectivity index (χ1n) is 9.51. The van der Waals surface area contributed by atoms with Crippen LogP contribution in [0.5, 0.6) is 0 Å². The number of halogens is 1. The topological polar surface area (TPSA) is 65.4 Å². The fourth-order valence-electron chi connectivity index (χ4n) is 3.58. The second-order valence-electron chi connectivity index (χ2n) is 7.46. The van der Waals surface area contributed by atoms with Crippen molar-refractivity contribution in [1.29, 1.82) is 0 Å². The molecule has 0 saturated carbocycles. The number of benzene rings is 1. The van der Waals surface area contributed by atoms with Gasteiger partial charge in [-0.25, -0.2) is 9.37 Å². The minimum absolute atomic E-state index is 0.201. The van der Waals surface area contributed by atoms with Crippen LogP contribution in [0.3, 0.4) is 0 Å². The van der Waals surface area contributed by atoms with E-state index >= 15 is 0 Å². The Labute approximate surface area is 158 Å². The Hall–Kier alpha value is -2.54. The number of aromatic nitrogens is 2. The van der Waals surface area contributed by atoms with Crippen LogP contribution in [0, 0.1) is 11.7 Å². The fraction of sp³-hybridized carbons (Fsp3) is 0.450. The van der Waals surface area contributed by atoms with Crippen molar-refractivity contribution in [3.05, 3.63) is 41.3 Å². The molecule has 142 valence electrons. The summed E-state index contributed by atoms with van der Waals surface area (Å²) in [5.74, 6) is 0.890. The van der Waals surface area contributed by atoms with Crippen LogP contribution in [-0.2, 0) is 6.54 Å². The molecule has 0 spiro atoms. The molecular weight excluding hydrogens is 343 g/mol. The quantitative estimate of drug-likeness (QED) is 0.868. The monoisotopic (exact) mass is 368 g/mol. The highest BCUT2D eigenvalue weighted by Crippen LogP contribution is 2.24. The van der Waals surface area contributed by atoms with E-state index in [2.05, 4.69) is 44.3 Å². The smallest absolute Gasteiger partial charge is 0.227 e. The SMILES string of the molecule is CC(C)C1CCN(c2ncc(F)c(Nc3ccc4c(c3)C=NC4)n2)CCN1. The number of aliphatic imine (C=N–C) groups is 1. The molecule has 1 aromatic carbocycles. The van der Waals surface area contributed by atoms with Crippen LogP contribution in [0.1, 0.15) is 31.4 Å². The molecule has 1 atom stereocenters. The average molecular weight is 368 g/mol. The molecule has 6 nitrogen and oxygen atoms in total. The molecule has 7 heteroatoms. The van der Waals surface area contributed by atoms with Gasteiger partial charge in [-0.3, -0.25) is 4.99 Å². The van der Waals surface area contributed by atoms with E-state index in [9.17, 15) is 4.39 Å². The predicted molar refractivity (Wildman–Crippen MR) is 106 cm³/mol. The molecule has 1 unspecified atom stereocenters. The third-order valence-corrected chi connectivity index (χ3v) is 5.22. The Morgan fingerprint density at radius 2 is 2.19 bits per heavy atom. The summed E-state index contributed by atoms with van der Waals surface area (Å²) in [5.41, 5.74) is 3.04. The number of rotatable bonds is 4. The Morgan fingerprint density at radius 1 is 1.30 bits per heavy atom. The molecule has 0 radical (unpaired) electrons. The third-order valence-electron chi connectivity index (χ3n) is 5.22. The van der Waals surface area contributed by atoms with Gasteiger partial charge < -0.3 is 15.5 Å². The fourth-order valence-corrected chi connectivity index (χ4v) is 3.58. The van der Waals surface area contributed by atoms with E-state index in [0.717, 1.165) is 37.3 Å². The second kappa shape index (κ2) is 7.60. The van der Waals surface area contributed by atoms with Crippen LogP contribution in [-0.4, -0.2) is 41.9 Å². The first-order valence-corrected chi connectivity index (χ1v) is 9.51. The highest BCUT2D eigenvalue weighted by Gasteiger charge is 2.21. The molecule has 0 amide bonds. The molecule has 1 saturated heterocycles. The van der Waals surface area contributed by atoms with Gasteiger partial charge in [0.1, 0.15) is 0 Å². The van der Waals surface area contributed by atoms with Crippen molar-refractivity contribution >= 4 is 23.7 Å². The minimum Gasteiger partial charge on any atom is -0.339 e. The maximum absolute atomic E-state index is 14.3. The van der Waals surface area contributed by atoms with Crippen LogP contribution in [0.4, 0.5) is 21.8 Å². The highest BCUT2D eigenvalue weighted by molar-refractivity contribution is 5.86. The van der Waals surface area contributed by atoms with Crippen molar-refractivity contribution in [3.8, 4) is 0 Å². The van der Waals surface area contributed by atoms with Gasteiger partial charge in [-0.2, -0.15) is 4.98 Å². The maximum Gasteiger partial charge on any atom is 0.227 e. The number of hydrogen-bond acceptors (Lipinski definition) is 6. The van der Waals surface area contributed by atoms with Crippen molar-refractivity contribution in [2.75, 3.05) is 29.9 Å². The molecule has 1 aromatic heterocycles.